The van der Waals surface area contributed by atoms with Crippen molar-refractivity contribution in [1.82, 2.24) is 15.5 Å². The summed E-state index contributed by atoms with van der Waals surface area (Å²) in [6.45, 7) is 0. The van der Waals surface area contributed by atoms with E-state index >= 15 is 0 Å². The van der Waals surface area contributed by atoms with E-state index in [1.165, 1.54) is 6.07 Å². The van der Waals surface area contributed by atoms with Gasteiger partial charge in [-0.3, -0.25) is 10.8 Å². The Morgan fingerprint density at radius 3 is 2.64 bits per heavy atom. The Labute approximate surface area is 200 Å². The van der Waals surface area contributed by atoms with Crippen LogP contribution in [0.3, 0.4) is 0 Å². The number of hydrogen-bond acceptors (Lipinski definition) is 8. The minimum absolute atomic E-state index is 0.0274. The molecule has 190 valence electrons. The first kappa shape index (κ1) is 25.1. The molecule has 0 fully saturated rings. The number of fused-ring (bicyclic) bond motifs is 2. The summed E-state index contributed by atoms with van der Waals surface area (Å²) in [4.78, 5) is 13.2. The lowest BCUT2D eigenvalue weighted by Gasteiger charge is -2.32. The SMILES string of the molecule is NC1(c2ccc3c(c2)S(=O)(=O)CC3)N=CC(F)=C(Nc2cccc3[nH]ncc23)N1.O=C(O)C(F)(F)F. The second-order valence-electron chi connectivity index (χ2n) is 7.83. The summed E-state index contributed by atoms with van der Waals surface area (Å²) in [5.41, 5.74) is 9.00. The van der Waals surface area contributed by atoms with Gasteiger partial charge in [-0.05, 0) is 30.2 Å². The average Bonchev–Trinajstić information content (AvgIpc) is 3.41. The van der Waals surface area contributed by atoms with E-state index in [0.717, 1.165) is 22.7 Å². The zero-order valence-corrected chi connectivity index (χ0v) is 18.9. The van der Waals surface area contributed by atoms with Gasteiger partial charge in [-0.2, -0.15) is 18.3 Å². The zero-order chi connectivity index (χ0) is 26.3. The summed E-state index contributed by atoms with van der Waals surface area (Å²) in [6, 6.07) is 10.4. The van der Waals surface area contributed by atoms with Gasteiger partial charge < -0.3 is 15.7 Å². The lowest BCUT2D eigenvalue weighted by Crippen LogP contribution is -2.51. The third-order valence-corrected chi connectivity index (χ3v) is 7.20. The Balaban J connectivity index is 0.000000384. The molecule has 1 atom stereocenters. The summed E-state index contributed by atoms with van der Waals surface area (Å²) >= 11 is 0. The van der Waals surface area contributed by atoms with Crippen LogP contribution >= 0.6 is 0 Å². The number of sulfone groups is 1. The largest absolute Gasteiger partial charge is 0.490 e. The number of carbonyl (C=O) groups is 1. The maximum atomic E-state index is 14.5. The number of aromatic amines is 1. The van der Waals surface area contributed by atoms with Gasteiger partial charge in [0.2, 0.25) is 5.79 Å². The van der Waals surface area contributed by atoms with Gasteiger partial charge >= 0.3 is 12.1 Å². The number of aromatic nitrogens is 2. The van der Waals surface area contributed by atoms with Crippen molar-refractivity contribution in [2.75, 3.05) is 11.1 Å². The fourth-order valence-electron chi connectivity index (χ4n) is 3.60. The number of H-pyrrole nitrogens is 1. The third kappa shape index (κ3) is 4.87. The molecular weight excluding hydrogens is 508 g/mol. The smallest absolute Gasteiger partial charge is 0.475 e. The van der Waals surface area contributed by atoms with Gasteiger partial charge in [0.15, 0.2) is 15.7 Å². The fourth-order valence-corrected chi connectivity index (χ4v) is 5.18. The lowest BCUT2D eigenvalue weighted by atomic mass is 10.0. The van der Waals surface area contributed by atoms with Crippen molar-refractivity contribution < 1.29 is 35.9 Å². The number of allylic oxidation sites excluding steroid dienone is 1. The molecule has 1 aromatic heterocycles. The van der Waals surface area contributed by atoms with Gasteiger partial charge in [-0.25, -0.2) is 22.6 Å². The van der Waals surface area contributed by atoms with Crippen molar-refractivity contribution in [2.24, 2.45) is 10.7 Å². The van der Waals surface area contributed by atoms with Crippen LogP contribution in [0.4, 0.5) is 23.2 Å². The molecule has 5 rings (SSSR count). The molecule has 2 aliphatic heterocycles. The van der Waals surface area contributed by atoms with E-state index in [2.05, 4.69) is 25.8 Å². The van der Waals surface area contributed by atoms with Crippen LogP contribution in [0.2, 0.25) is 0 Å². The number of carboxylic acid groups (broad SMARTS) is 1. The van der Waals surface area contributed by atoms with Gasteiger partial charge in [-0.1, -0.05) is 18.2 Å². The number of nitrogens with one attached hydrogen (secondary N) is 3. The van der Waals surface area contributed by atoms with Crippen molar-refractivity contribution in [1.29, 1.82) is 0 Å². The molecule has 10 nitrogen and oxygen atoms in total. The topological polar surface area (TPSA) is 163 Å². The number of aliphatic imine (C=N–C) groups is 1. The van der Waals surface area contributed by atoms with Crippen LogP contribution in [0.15, 0.2) is 64.1 Å². The number of alkyl halides is 3. The van der Waals surface area contributed by atoms with Crippen LogP contribution in [-0.4, -0.2) is 47.8 Å². The molecule has 3 aromatic rings. The van der Waals surface area contributed by atoms with Crippen molar-refractivity contribution in [3.8, 4) is 0 Å². The number of nitrogens with two attached hydrogens (primary N) is 1. The van der Waals surface area contributed by atoms with Crippen LogP contribution in [0.1, 0.15) is 11.1 Å². The van der Waals surface area contributed by atoms with E-state index in [4.69, 9.17) is 15.6 Å². The van der Waals surface area contributed by atoms with Gasteiger partial charge in [-0.15, -0.1) is 0 Å². The van der Waals surface area contributed by atoms with Crippen molar-refractivity contribution in [2.45, 2.75) is 23.3 Å². The Bertz CT molecular complexity index is 1520. The van der Waals surface area contributed by atoms with E-state index in [1.54, 1.807) is 30.5 Å². The maximum absolute atomic E-state index is 14.5. The summed E-state index contributed by atoms with van der Waals surface area (Å²) in [6.07, 6.45) is -1.95. The quantitative estimate of drug-likeness (QED) is 0.325. The second-order valence-corrected chi connectivity index (χ2v) is 9.91. The van der Waals surface area contributed by atoms with E-state index in [0.29, 0.717) is 17.7 Å². The molecule has 0 radical (unpaired) electrons. The van der Waals surface area contributed by atoms with Crippen molar-refractivity contribution in [3.63, 3.8) is 0 Å². The number of nitrogens with zero attached hydrogens (tertiary/aromatic N) is 2. The highest BCUT2D eigenvalue weighted by Crippen LogP contribution is 2.32. The van der Waals surface area contributed by atoms with Gasteiger partial charge in [0, 0.05) is 10.9 Å². The Hall–Kier alpha value is -3.98. The second kappa shape index (κ2) is 8.91. The third-order valence-electron chi connectivity index (χ3n) is 5.41. The zero-order valence-electron chi connectivity index (χ0n) is 18.1. The summed E-state index contributed by atoms with van der Waals surface area (Å²) in [7, 11) is -3.33. The molecule has 0 aliphatic carbocycles. The number of hydrogen-bond donors (Lipinski definition) is 5. The first-order valence-corrected chi connectivity index (χ1v) is 11.8. The fraction of sp³-hybridized carbons (Fsp3) is 0.190. The molecule has 2 aromatic carbocycles. The number of benzene rings is 2. The van der Waals surface area contributed by atoms with Crippen molar-refractivity contribution >= 4 is 38.6 Å². The molecular formula is C21H18F4N6O4S. The van der Waals surface area contributed by atoms with E-state index in [9.17, 15) is 26.0 Å². The molecule has 6 N–H and O–H groups in total. The van der Waals surface area contributed by atoms with Gasteiger partial charge in [0.1, 0.15) is 5.82 Å². The molecule has 0 saturated heterocycles. The van der Waals surface area contributed by atoms with Crippen LogP contribution in [-0.2, 0) is 26.8 Å². The molecule has 36 heavy (non-hydrogen) atoms. The van der Waals surface area contributed by atoms with Gasteiger partial charge in [0.25, 0.3) is 0 Å². The predicted octanol–water partition coefficient (Wildman–Crippen LogP) is 2.52. The molecule has 0 saturated carbocycles. The number of aliphatic carboxylic acids is 1. The summed E-state index contributed by atoms with van der Waals surface area (Å²) < 4.78 is 70.7. The predicted molar refractivity (Wildman–Crippen MR) is 121 cm³/mol. The maximum Gasteiger partial charge on any atom is 0.490 e. The summed E-state index contributed by atoms with van der Waals surface area (Å²) in [5.74, 6) is -4.79. The van der Waals surface area contributed by atoms with Crippen LogP contribution in [0.5, 0.6) is 0 Å². The molecule has 0 spiro atoms. The van der Waals surface area contributed by atoms with E-state index < -0.39 is 33.6 Å². The highest BCUT2D eigenvalue weighted by atomic mass is 32.2. The molecule has 3 heterocycles. The standard InChI is InChI=1S/C19H17FN6O2S.C2HF3O2/c20-14-10-22-19(21,12-5-4-11-6-7-29(27,28)17(11)8-12)25-18(14)24-15-2-1-3-16-13(15)9-23-26-16;3-2(4,5)1(6)7/h1-5,8-10,24-25H,6-7,21H2,(H,23,26);(H,6,7). The first-order valence-electron chi connectivity index (χ1n) is 10.2. The Morgan fingerprint density at radius 2 is 1.94 bits per heavy atom. The molecule has 0 amide bonds. The average molecular weight is 526 g/mol. The number of aryl methyl sites for hydroxylation is 1. The minimum Gasteiger partial charge on any atom is -0.475 e. The lowest BCUT2D eigenvalue weighted by molar-refractivity contribution is -0.192. The van der Waals surface area contributed by atoms with Crippen LogP contribution in [0.25, 0.3) is 10.9 Å². The monoisotopic (exact) mass is 526 g/mol. The molecule has 2 aliphatic rings. The molecule has 15 heteroatoms. The van der Waals surface area contributed by atoms with E-state index in [1.807, 2.05) is 6.07 Å². The first-order chi connectivity index (χ1) is 16.8. The minimum atomic E-state index is -5.08. The van der Waals surface area contributed by atoms with Gasteiger partial charge in [0.05, 0.1) is 34.3 Å². The van der Waals surface area contributed by atoms with Crippen LogP contribution < -0.4 is 16.4 Å². The molecule has 1 unspecified atom stereocenters. The highest BCUT2D eigenvalue weighted by Gasteiger charge is 2.38. The Kier molecular flexibility index (Phi) is 6.22. The van der Waals surface area contributed by atoms with Crippen molar-refractivity contribution in [3.05, 3.63) is 65.4 Å². The van der Waals surface area contributed by atoms with E-state index in [-0.39, 0.29) is 16.5 Å². The number of carboxylic acids is 1. The summed E-state index contributed by atoms with van der Waals surface area (Å²) in [5, 5.41) is 20.6. The molecule has 0 bridgehead atoms. The number of halogens is 4. The number of anilines is 1. The number of rotatable bonds is 3. The van der Waals surface area contributed by atoms with Crippen LogP contribution in [0, 0.1) is 0 Å². The normalized spacial score (nSPS) is 20.4. The highest BCUT2D eigenvalue weighted by molar-refractivity contribution is 7.91. The Morgan fingerprint density at radius 1 is 1.22 bits per heavy atom.